The quantitative estimate of drug-likeness (QED) is 0.841. The summed E-state index contributed by atoms with van der Waals surface area (Å²) in [6.07, 6.45) is 2.30. The summed E-state index contributed by atoms with van der Waals surface area (Å²) in [5.74, 6) is 1.50. The van der Waals surface area contributed by atoms with Gasteiger partial charge in [0.15, 0.2) is 0 Å². The molecule has 2 unspecified atom stereocenters. The molecular formula is C15H23NO2. The van der Waals surface area contributed by atoms with Gasteiger partial charge in [-0.25, -0.2) is 0 Å². The normalized spacial score (nSPS) is 20.9. The van der Waals surface area contributed by atoms with Gasteiger partial charge >= 0.3 is 0 Å². The molecule has 1 fully saturated rings. The maximum Gasteiger partial charge on any atom is 0.118 e. The molecular weight excluding hydrogens is 226 g/mol. The molecule has 2 atom stereocenters. The summed E-state index contributed by atoms with van der Waals surface area (Å²) in [4.78, 5) is 0. The molecule has 3 heteroatoms. The first-order valence-corrected chi connectivity index (χ1v) is 6.80. The van der Waals surface area contributed by atoms with E-state index in [2.05, 4.69) is 24.4 Å². The summed E-state index contributed by atoms with van der Waals surface area (Å²) in [7, 11) is 1.70. The predicted molar refractivity (Wildman–Crippen MR) is 73.0 cm³/mol. The standard InChI is InChI=1S/C15H23NO2/c1-3-9-16-15(13-8-10-18-11-13)12-4-6-14(17-2)7-5-12/h4-7,13,15-16H,3,8-11H2,1-2H3. The van der Waals surface area contributed by atoms with E-state index in [0.29, 0.717) is 12.0 Å². The van der Waals surface area contributed by atoms with Gasteiger partial charge in [0.1, 0.15) is 5.75 Å². The second-order valence-corrected chi connectivity index (χ2v) is 4.83. The minimum atomic E-state index is 0.401. The lowest BCUT2D eigenvalue weighted by Gasteiger charge is -2.24. The minimum Gasteiger partial charge on any atom is -0.497 e. The SMILES string of the molecule is CCCNC(c1ccc(OC)cc1)C1CCOC1. The van der Waals surface area contributed by atoms with Crippen LogP contribution in [0.25, 0.3) is 0 Å². The van der Waals surface area contributed by atoms with Gasteiger partial charge < -0.3 is 14.8 Å². The summed E-state index contributed by atoms with van der Waals surface area (Å²) >= 11 is 0. The van der Waals surface area contributed by atoms with Gasteiger partial charge in [0.2, 0.25) is 0 Å². The van der Waals surface area contributed by atoms with Crippen LogP contribution in [0.4, 0.5) is 0 Å². The molecule has 0 radical (unpaired) electrons. The highest BCUT2D eigenvalue weighted by molar-refractivity contribution is 5.29. The topological polar surface area (TPSA) is 30.5 Å². The molecule has 1 saturated heterocycles. The highest BCUT2D eigenvalue weighted by Crippen LogP contribution is 2.29. The molecule has 0 saturated carbocycles. The number of benzene rings is 1. The van der Waals surface area contributed by atoms with E-state index < -0.39 is 0 Å². The fraction of sp³-hybridized carbons (Fsp3) is 0.600. The molecule has 3 nitrogen and oxygen atoms in total. The van der Waals surface area contributed by atoms with Gasteiger partial charge in [-0.1, -0.05) is 19.1 Å². The Balaban J connectivity index is 2.10. The number of nitrogens with one attached hydrogen (secondary N) is 1. The average molecular weight is 249 g/mol. The average Bonchev–Trinajstić information content (AvgIpc) is 2.94. The molecule has 1 aliphatic heterocycles. The van der Waals surface area contributed by atoms with E-state index in [4.69, 9.17) is 9.47 Å². The molecule has 100 valence electrons. The zero-order valence-electron chi connectivity index (χ0n) is 11.3. The Morgan fingerprint density at radius 3 is 2.72 bits per heavy atom. The van der Waals surface area contributed by atoms with Crippen LogP contribution in [0.3, 0.4) is 0 Å². The Morgan fingerprint density at radius 1 is 1.39 bits per heavy atom. The number of rotatable bonds is 6. The Hall–Kier alpha value is -1.06. The van der Waals surface area contributed by atoms with E-state index in [-0.39, 0.29) is 0 Å². The van der Waals surface area contributed by atoms with Crippen LogP contribution < -0.4 is 10.1 Å². The first-order chi connectivity index (χ1) is 8.85. The first kappa shape index (κ1) is 13.4. The second kappa shape index (κ2) is 6.76. The van der Waals surface area contributed by atoms with Gasteiger partial charge in [-0.2, -0.15) is 0 Å². The lowest BCUT2D eigenvalue weighted by atomic mass is 9.92. The van der Waals surface area contributed by atoms with Crippen molar-refractivity contribution in [1.82, 2.24) is 5.32 Å². The van der Waals surface area contributed by atoms with Crippen LogP contribution >= 0.6 is 0 Å². The summed E-state index contributed by atoms with van der Waals surface area (Å²) in [5.41, 5.74) is 1.33. The van der Waals surface area contributed by atoms with E-state index in [1.807, 2.05) is 12.1 Å². The van der Waals surface area contributed by atoms with Gasteiger partial charge in [-0.05, 0) is 37.1 Å². The van der Waals surface area contributed by atoms with Crippen LogP contribution in [0.1, 0.15) is 31.4 Å². The summed E-state index contributed by atoms with van der Waals surface area (Å²) < 4.78 is 10.7. The molecule has 0 bridgehead atoms. The summed E-state index contributed by atoms with van der Waals surface area (Å²) in [6, 6.07) is 8.78. The molecule has 2 rings (SSSR count). The maximum absolute atomic E-state index is 5.52. The Kier molecular flexibility index (Phi) is 5.02. The van der Waals surface area contributed by atoms with E-state index in [1.165, 1.54) is 5.56 Å². The van der Waals surface area contributed by atoms with Gasteiger partial charge in [-0.3, -0.25) is 0 Å². The fourth-order valence-corrected chi connectivity index (χ4v) is 2.48. The zero-order chi connectivity index (χ0) is 12.8. The third kappa shape index (κ3) is 3.24. The van der Waals surface area contributed by atoms with E-state index >= 15 is 0 Å². The highest BCUT2D eigenvalue weighted by atomic mass is 16.5. The van der Waals surface area contributed by atoms with E-state index in [0.717, 1.165) is 38.3 Å². The Labute approximate surface area is 109 Å². The molecule has 18 heavy (non-hydrogen) atoms. The van der Waals surface area contributed by atoms with Crippen molar-refractivity contribution in [2.75, 3.05) is 26.9 Å². The van der Waals surface area contributed by atoms with Crippen LogP contribution in [0.15, 0.2) is 24.3 Å². The molecule has 1 aromatic carbocycles. The van der Waals surface area contributed by atoms with Crippen LogP contribution in [0.2, 0.25) is 0 Å². The molecule has 0 aromatic heterocycles. The third-order valence-corrected chi connectivity index (χ3v) is 3.53. The van der Waals surface area contributed by atoms with Crippen molar-refractivity contribution in [3.05, 3.63) is 29.8 Å². The van der Waals surface area contributed by atoms with Gasteiger partial charge in [-0.15, -0.1) is 0 Å². The lowest BCUT2D eigenvalue weighted by molar-refractivity contribution is 0.176. The molecule has 0 aliphatic carbocycles. The monoisotopic (exact) mass is 249 g/mol. The van der Waals surface area contributed by atoms with Crippen molar-refractivity contribution in [1.29, 1.82) is 0 Å². The van der Waals surface area contributed by atoms with Crippen molar-refractivity contribution in [2.24, 2.45) is 5.92 Å². The summed E-state index contributed by atoms with van der Waals surface area (Å²) in [5, 5.41) is 3.64. The van der Waals surface area contributed by atoms with Crippen LogP contribution in [-0.4, -0.2) is 26.9 Å². The van der Waals surface area contributed by atoms with Crippen LogP contribution in [0, 0.1) is 5.92 Å². The Bertz CT molecular complexity index is 344. The molecule has 1 aromatic rings. The predicted octanol–water partition coefficient (Wildman–Crippen LogP) is 2.77. The molecule has 1 N–H and O–H groups in total. The molecule has 1 aliphatic rings. The molecule has 0 spiro atoms. The smallest absolute Gasteiger partial charge is 0.118 e. The largest absolute Gasteiger partial charge is 0.497 e. The van der Waals surface area contributed by atoms with Crippen LogP contribution in [-0.2, 0) is 4.74 Å². The minimum absolute atomic E-state index is 0.401. The maximum atomic E-state index is 5.52. The van der Waals surface area contributed by atoms with Crippen molar-refractivity contribution in [2.45, 2.75) is 25.8 Å². The van der Waals surface area contributed by atoms with Gasteiger partial charge in [0.05, 0.1) is 13.7 Å². The van der Waals surface area contributed by atoms with Crippen molar-refractivity contribution < 1.29 is 9.47 Å². The lowest BCUT2D eigenvalue weighted by Crippen LogP contribution is -2.29. The molecule has 0 amide bonds. The van der Waals surface area contributed by atoms with Gasteiger partial charge in [0, 0.05) is 18.6 Å². The number of hydrogen-bond acceptors (Lipinski definition) is 3. The van der Waals surface area contributed by atoms with E-state index in [1.54, 1.807) is 7.11 Å². The molecule has 1 heterocycles. The fourth-order valence-electron chi connectivity index (χ4n) is 2.48. The number of ether oxygens (including phenoxy) is 2. The zero-order valence-corrected chi connectivity index (χ0v) is 11.3. The first-order valence-electron chi connectivity index (χ1n) is 6.80. The Morgan fingerprint density at radius 2 is 2.17 bits per heavy atom. The van der Waals surface area contributed by atoms with E-state index in [9.17, 15) is 0 Å². The second-order valence-electron chi connectivity index (χ2n) is 4.83. The highest BCUT2D eigenvalue weighted by Gasteiger charge is 2.26. The number of methoxy groups -OCH3 is 1. The van der Waals surface area contributed by atoms with Crippen molar-refractivity contribution in [3.8, 4) is 5.75 Å². The third-order valence-electron chi connectivity index (χ3n) is 3.53. The van der Waals surface area contributed by atoms with Gasteiger partial charge in [0.25, 0.3) is 0 Å². The number of hydrogen-bond donors (Lipinski definition) is 1. The van der Waals surface area contributed by atoms with Crippen molar-refractivity contribution >= 4 is 0 Å². The summed E-state index contributed by atoms with van der Waals surface area (Å²) in [6.45, 7) is 5.01. The van der Waals surface area contributed by atoms with Crippen LogP contribution in [0.5, 0.6) is 5.75 Å². The van der Waals surface area contributed by atoms with Crippen molar-refractivity contribution in [3.63, 3.8) is 0 Å².